The van der Waals surface area contributed by atoms with Crippen molar-refractivity contribution < 1.29 is 24.6 Å². The van der Waals surface area contributed by atoms with Gasteiger partial charge in [0, 0.05) is 23.7 Å². The third-order valence-corrected chi connectivity index (χ3v) is 6.62. The Morgan fingerprint density at radius 3 is 2.21 bits per heavy atom. The van der Waals surface area contributed by atoms with E-state index in [9.17, 15) is 19.5 Å². The predicted molar refractivity (Wildman–Crippen MR) is 104 cm³/mol. The van der Waals surface area contributed by atoms with E-state index in [2.05, 4.69) is 5.32 Å². The number of aliphatic hydroxyl groups is 1. The molecule has 28 heavy (non-hydrogen) atoms. The number of rotatable bonds is 6. The van der Waals surface area contributed by atoms with Gasteiger partial charge in [0.15, 0.2) is 0 Å². The third kappa shape index (κ3) is 3.81. The fraction of sp³-hybridized carbons (Fsp3) is 0.500. The van der Waals surface area contributed by atoms with Crippen LogP contribution in [0, 0.1) is 23.2 Å². The number of carboxylic acids is 1. The summed E-state index contributed by atoms with van der Waals surface area (Å²) < 4.78 is 0. The van der Waals surface area contributed by atoms with Crippen LogP contribution in [0.25, 0.3) is 5.76 Å². The van der Waals surface area contributed by atoms with Crippen LogP contribution >= 0.6 is 0 Å². The summed E-state index contributed by atoms with van der Waals surface area (Å²) in [6, 6.07) is 6.45. The van der Waals surface area contributed by atoms with Crippen LogP contribution in [-0.2, 0) is 14.4 Å². The van der Waals surface area contributed by atoms with Crippen LogP contribution in [-0.4, -0.2) is 27.9 Å². The Morgan fingerprint density at radius 2 is 1.64 bits per heavy atom. The summed E-state index contributed by atoms with van der Waals surface area (Å²) in [6.07, 6.45) is 8.68. The number of anilines is 1. The molecule has 1 amide bonds. The normalized spacial score (nSPS) is 30.9. The van der Waals surface area contributed by atoms with Crippen LogP contribution in [0.2, 0.25) is 0 Å². The van der Waals surface area contributed by atoms with Crippen molar-refractivity contribution in [1.29, 1.82) is 0 Å². The van der Waals surface area contributed by atoms with Gasteiger partial charge >= 0.3 is 5.97 Å². The van der Waals surface area contributed by atoms with Crippen molar-refractivity contribution in [3.05, 3.63) is 35.9 Å². The van der Waals surface area contributed by atoms with E-state index >= 15 is 0 Å². The Bertz CT molecular complexity index is 821. The van der Waals surface area contributed by atoms with Crippen LogP contribution in [0.15, 0.2) is 30.3 Å². The Balaban J connectivity index is 1.43. The zero-order chi connectivity index (χ0) is 19.9. The van der Waals surface area contributed by atoms with Gasteiger partial charge in [0.25, 0.3) is 5.78 Å². The molecule has 4 aliphatic carbocycles. The Morgan fingerprint density at radius 1 is 1.04 bits per heavy atom. The van der Waals surface area contributed by atoms with Gasteiger partial charge in [0.05, 0.1) is 0 Å². The highest BCUT2D eigenvalue weighted by Gasteiger charge is 2.51. The average molecular weight is 383 g/mol. The second kappa shape index (κ2) is 7.08. The number of ketones is 1. The molecule has 4 bridgehead atoms. The van der Waals surface area contributed by atoms with Crippen LogP contribution in [0.1, 0.15) is 50.5 Å². The van der Waals surface area contributed by atoms with E-state index in [-0.39, 0.29) is 16.9 Å². The number of carbonyl (C=O) groups is 3. The Kier molecular flexibility index (Phi) is 4.73. The fourth-order valence-electron chi connectivity index (χ4n) is 6.08. The molecule has 0 atom stereocenters. The van der Waals surface area contributed by atoms with Crippen molar-refractivity contribution in [2.24, 2.45) is 23.2 Å². The van der Waals surface area contributed by atoms with E-state index in [1.165, 1.54) is 19.3 Å². The number of benzene rings is 1. The smallest absolute Gasteiger partial charge is 0.376 e. The topological polar surface area (TPSA) is 104 Å². The van der Waals surface area contributed by atoms with Crippen LogP contribution in [0.5, 0.6) is 0 Å². The molecule has 0 unspecified atom stereocenters. The van der Waals surface area contributed by atoms with Crippen molar-refractivity contribution in [3.8, 4) is 0 Å². The fourth-order valence-corrected chi connectivity index (χ4v) is 6.08. The molecule has 4 fully saturated rings. The monoisotopic (exact) mass is 383 g/mol. The van der Waals surface area contributed by atoms with Gasteiger partial charge in [0.2, 0.25) is 5.91 Å². The first-order valence-corrected chi connectivity index (χ1v) is 9.90. The van der Waals surface area contributed by atoms with Crippen LogP contribution < -0.4 is 5.32 Å². The first-order valence-electron chi connectivity index (χ1n) is 9.90. The minimum atomic E-state index is -1.63. The first kappa shape index (κ1) is 18.7. The number of carboxylic acid groups (broad SMARTS) is 1. The largest absolute Gasteiger partial charge is 0.507 e. The number of aliphatic carboxylic acids is 1. The summed E-state index contributed by atoms with van der Waals surface area (Å²) >= 11 is 0. The summed E-state index contributed by atoms with van der Waals surface area (Å²) in [4.78, 5) is 34.6. The van der Waals surface area contributed by atoms with E-state index in [1.54, 1.807) is 24.3 Å². The summed E-state index contributed by atoms with van der Waals surface area (Å²) in [5, 5.41) is 21.5. The SMILES string of the molecule is O=C(CC12CC3CC(CC(C3)C1)C2)Nc1cccc(C(O)=CC(=O)C(=O)O)c1. The highest BCUT2D eigenvalue weighted by molar-refractivity contribution is 6.38. The molecule has 0 heterocycles. The standard InChI is InChI=1S/C22H25NO5/c24-18(8-19(25)21(27)28)16-2-1-3-17(7-16)23-20(26)12-22-9-13-4-14(10-22)6-15(5-13)11-22/h1-3,7-8,13-15,24H,4-6,9-12H2,(H,23,26)(H,27,28). The maximum Gasteiger partial charge on any atom is 0.376 e. The molecule has 0 spiro atoms. The zero-order valence-corrected chi connectivity index (χ0v) is 15.7. The molecule has 1 aromatic rings. The number of carbonyl (C=O) groups excluding carboxylic acids is 2. The van der Waals surface area contributed by atoms with Gasteiger partial charge in [-0.3, -0.25) is 9.59 Å². The summed E-state index contributed by atoms with van der Waals surface area (Å²) in [5.74, 6) is -0.933. The van der Waals surface area contributed by atoms with Crippen molar-refractivity contribution in [3.63, 3.8) is 0 Å². The molecule has 5 rings (SSSR count). The van der Waals surface area contributed by atoms with E-state index in [0.717, 1.165) is 37.0 Å². The van der Waals surface area contributed by atoms with Crippen molar-refractivity contribution in [2.75, 3.05) is 5.32 Å². The highest BCUT2D eigenvalue weighted by Crippen LogP contribution is 2.61. The van der Waals surface area contributed by atoms with Crippen molar-refractivity contribution in [2.45, 2.75) is 44.9 Å². The molecular weight excluding hydrogens is 358 g/mol. The van der Waals surface area contributed by atoms with Gasteiger partial charge in [-0.05, 0) is 73.8 Å². The number of hydrogen-bond acceptors (Lipinski definition) is 4. The first-order chi connectivity index (χ1) is 13.3. The lowest BCUT2D eigenvalue weighted by atomic mass is 9.49. The van der Waals surface area contributed by atoms with E-state index in [0.29, 0.717) is 18.2 Å². The maximum absolute atomic E-state index is 12.7. The van der Waals surface area contributed by atoms with E-state index in [4.69, 9.17) is 5.11 Å². The van der Waals surface area contributed by atoms with E-state index < -0.39 is 17.5 Å². The molecule has 148 valence electrons. The molecular formula is C22H25NO5. The summed E-state index contributed by atoms with van der Waals surface area (Å²) in [7, 11) is 0. The number of amides is 1. The number of aliphatic hydroxyl groups excluding tert-OH is 1. The average Bonchev–Trinajstić information content (AvgIpc) is 2.59. The molecule has 6 nitrogen and oxygen atoms in total. The number of hydrogen-bond donors (Lipinski definition) is 3. The molecule has 0 radical (unpaired) electrons. The lowest BCUT2D eigenvalue weighted by Crippen LogP contribution is -2.47. The Labute approximate surface area is 163 Å². The van der Waals surface area contributed by atoms with Crippen molar-refractivity contribution in [1.82, 2.24) is 0 Å². The lowest BCUT2D eigenvalue weighted by molar-refractivity contribution is -0.146. The quantitative estimate of drug-likeness (QED) is 0.394. The zero-order valence-electron chi connectivity index (χ0n) is 15.7. The van der Waals surface area contributed by atoms with Crippen molar-refractivity contribution >= 4 is 29.1 Å². The van der Waals surface area contributed by atoms with Crippen LogP contribution in [0.3, 0.4) is 0 Å². The van der Waals surface area contributed by atoms with Gasteiger partial charge in [-0.15, -0.1) is 0 Å². The summed E-state index contributed by atoms with van der Waals surface area (Å²) in [5.41, 5.74) is 0.948. The third-order valence-electron chi connectivity index (χ3n) is 6.62. The lowest BCUT2D eigenvalue weighted by Gasteiger charge is -2.56. The summed E-state index contributed by atoms with van der Waals surface area (Å²) in [6.45, 7) is 0. The number of nitrogens with one attached hydrogen (secondary N) is 1. The minimum Gasteiger partial charge on any atom is -0.507 e. The molecule has 1 aromatic carbocycles. The molecule has 0 saturated heterocycles. The minimum absolute atomic E-state index is 0.0239. The molecule has 0 aromatic heterocycles. The second-order valence-electron chi connectivity index (χ2n) is 8.92. The van der Waals surface area contributed by atoms with Gasteiger partial charge in [-0.1, -0.05) is 12.1 Å². The maximum atomic E-state index is 12.7. The van der Waals surface area contributed by atoms with Gasteiger partial charge in [-0.2, -0.15) is 0 Å². The molecule has 4 aliphatic rings. The van der Waals surface area contributed by atoms with Crippen LogP contribution in [0.4, 0.5) is 5.69 Å². The van der Waals surface area contributed by atoms with Gasteiger partial charge in [-0.25, -0.2) is 4.79 Å². The van der Waals surface area contributed by atoms with Gasteiger partial charge < -0.3 is 15.5 Å². The second-order valence-corrected chi connectivity index (χ2v) is 8.92. The van der Waals surface area contributed by atoms with Gasteiger partial charge in [0.1, 0.15) is 5.76 Å². The highest BCUT2D eigenvalue weighted by atomic mass is 16.4. The Hall–Kier alpha value is -2.63. The molecule has 0 aliphatic heterocycles. The molecule has 4 saturated carbocycles. The molecule has 6 heteroatoms. The predicted octanol–water partition coefficient (Wildman–Crippen LogP) is 3.78. The molecule has 3 N–H and O–H groups in total. The van der Waals surface area contributed by atoms with E-state index in [1.807, 2.05) is 0 Å².